The van der Waals surface area contributed by atoms with E-state index in [1.165, 1.54) is 23.6 Å². The Hall–Kier alpha value is -4.09. The Bertz CT molecular complexity index is 1310. The molecule has 0 unspecified atom stereocenters. The summed E-state index contributed by atoms with van der Waals surface area (Å²) >= 11 is 0. The van der Waals surface area contributed by atoms with Gasteiger partial charge >= 0.3 is 11.8 Å². The first-order valence-corrected chi connectivity index (χ1v) is 11.7. The van der Waals surface area contributed by atoms with Crippen LogP contribution < -0.4 is 25.7 Å². The molecule has 0 radical (unpaired) electrons. The molecule has 3 aliphatic heterocycles. The highest BCUT2D eigenvalue weighted by Crippen LogP contribution is 2.43. The standard InChI is InChI=1S/C24H27N5O7/c1-28(2)22(34)20(32)27-24-7-5-13(6-8-24)11-29-21(33)18(30)17(26-23(24)29)19(31)25-10-14-3-4-15-16(9-14)36-12-35-15/h3-4,9,13,30H,5-8,10-12H2,1-2H3,(H,25,31)(H,27,32). The number of fused-ring (bicyclic) bond motifs is 3. The Morgan fingerprint density at radius 1 is 1.19 bits per heavy atom. The fourth-order valence-corrected chi connectivity index (χ4v) is 5.04. The molecule has 1 aromatic carbocycles. The number of benzene rings is 1. The molecular formula is C24H27N5O7. The third kappa shape index (κ3) is 4.01. The van der Waals surface area contributed by atoms with Crippen LogP contribution in [0.4, 0.5) is 0 Å². The quantitative estimate of drug-likeness (QED) is 0.507. The number of nitrogens with zero attached hydrogens (tertiary/aromatic N) is 3. The van der Waals surface area contributed by atoms with Crippen molar-refractivity contribution in [2.75, 3.05) is 20.9 Å². The summed E-state index contributed by atoms with van der Waals surface area (Å²) in [6.07, 6.45) is 2.32. The molecule has 2 aromatic rings. The zero-order valence-corrected chi connectivity index (χ0v) is 20.0. The van der Waals surface area contributed by atoms with Crippen LogP contribution in [-0.2, 0) is 28.2 Å². The number of hydrogen-bond donors (Lipinski definition) is 3. The minimum absolute atomic E-state index is 0.0936. The second-order valence-corrected chi connectivity index (χ2v) is 9.60. The zero-order chi connectivity index (χ0) is 25.6. The molecule has 4 aliphatic rings. The highest BCUT2D eigenvalue weighted by atomic mass is 16.7. The van der Waals surface area contributed by atoms with E-state index < -0.39 is 40.3 Å². The lowest BCUT2D eigenvalue weighted by molar-refractivity contribution is -0.145. The number of carbonyl (C=O) groups is 3. The van der Waals surface area contributed by atoms with Crippen LogP contribution in [0.5, 0.6) is 17.2 Å². The van der Waals surface area contributed by atoms with Crippen molar-refractivity contribution in [3.63, 3.8) is 0 Å². The number of amides is 3. The van der Waals surface area contributed by atoms with E-state index in [0.717, 1.165) is 5.56 Å². The first-order valence-electron chi connectivity index (χ1n) is 11.7. The predicted octanol–water partition coefficient (Wildman–Crippen LogP) is 0.211. The minimum atomic E-state index is -1.10. The van der Waals surface area contributed by atoms with Gasteiger partial charge in [-0.3, -0.25) is 23.7 Å². The van der Waals surface area contributed by atoms with Gasteiger partial charge in [0, 0.05) is 27.2 Å². The van der Waals surface area contributed by atoms with E-state index in [0.29, 0.717) is 43.7 Å². The van der Waals surface area contributed by atoms with Crippen LogP contribution in [0.15, 0.2) is 23.0 Å². The molecule has 2 bridgehead atoms. The van der Waals surface area contributed by atoms with Crippen molar-refractivity contribution in [3.8, 4) is 17.2 Å². The first-order chi connectivity index (χ1) is 17.2. The first kappa shape index (κ1) is 23.6. The van der Waals surface area contributed by atoms with Crippen LogP contribution in [0.2, 0.25) is 0 Å². The van der Waals surface area contributed by atoms with Crippen molar-refractivity contribution >= 4 is 17.7 Å². The van der Waals surface area contributed by atoms with Crippen molar-refractivity contribution in [2.45, 2.75) is 44.3 Å². The maximum Gasteiger partial charge on any atom is 0.311 e. The lowest BCUT2D eigenvalue weighted by Gasteiger charge is -2.37. The minimum Gasteiger partial charge on any atom is -0.501 e. The van der Waals surface area contributed by atoms with Crippen LogP contribution in [0.1, 0.15) is 47.6 Å². The summed E-state index contributed by atoms with van der Waals surface area (Å²) in [5.74, 6) is -1.54. The van der Waals surface area contributed by atoms with Gasteiger partial charge in [-0.1, -0.05) is 6.07 Å². The smallest absolute Gasteiger partial charge is 0.311 e. The van der Waals surface area contributed by atoms with Gasteiger partial charge in [-0.15, -0.1) is 0 Å². The van der Waals surface area contributed by atoms with Crippen molar-refractivity contribution in [1.29, 1.82) is 0 Å². The van der Waals surface area contributed by atoms with Gasteiger partial charge in [0.05, 0.1) is 5.54 Å². The van der Waals surface area contributed by atoms with E-state index in [9.17, 15) is 24.3 Å². The second kappa shape index (κ2) is 8.85. The van der Waals surface area contributed by atoms with Gasteiger partial charge < -0.3 is 30.1 Å². The largest absolute Gasteiger partial charge is 0.501 e. The summed E-state index contributed by atoms with van der Waals surface area (Å²) in [7, 11) is 2.95. The molecule has 4 heterocycles. The van der Waals surface area contributed by atoms with E-state index in [-0.39, 0.29) is 25.1 Å². The van der Waals surface area contributed by atoms with Gasteiger partial charge in [0.2, 0.25) is 12.5 Å². The van der Waals surface area contributed by atoms with E-state index in [1.807, 2.05) is 0 Å². The molecule has 3 amide bonds. The lowest BCUT2D eigenvalue weighted by Crippen LogP contribution is -2.53. The van der Waals surface area contributed by atoms with E-state index in [4.69, 9.17) is 9.47 Å². The second-order valence-electron chi connectivity index (χ2n) is 9.60. The topological polar surface area (TPSA) is 152 Å². The van der Waals surface area contributed by atoms with Crippen molar-refractivity contribution in [2.24, 2.45) is 5.92 Å². The van der Waals surface area contributed by atoms with Crippen molar-refractivity contribution < 1.29 is 29.0 Å². The number of likely N-dealkylation sites (N-methyl/N-ethyl adjacent to an activating group) is 1. The zero-order valence-electron chi connectivity index (χ0n) is 20.0. The van der Waals surface area contributed by atoms with Gasteiger partial charge in [0.15, 0.2) is 17.2 Å². The highest BCUT2D eigenvalue weighted by molar-refractivity contribution is 6.35. The predicted molar refractivity (Wildman–Crippen MR) is 124 cm³/mol. The third-order valence-electron chi connectivity index (χ3n) is 7.03. The summed E-state index contributed by atoms with van der Waals surface area (Å²) in [6, 6.07) is 5.22. The summed E-state index contributed by atoms with van der Waals surface area (Å²) in [5, 5.41) is 16.1. The summed E-state index contributed by atoms with van der Waals surface area (Å²) in [6.45, 7) is 0.532. The average molecular weight is 498 g/mol. The molecule has 3 N–H and O–H groups in total. The number of aromatic hydroxyl groups is 1. The fraction of sp³-hybridized carbons (Fsp3) is 0.458. The molecule has 0 atom stereocenters. The molecule has 12 nitrogen and oxygen atoms in total. The molecule has 190 valence electrons. The van der Waals surface area contributed by atoms with Crippen LogP contribution in [-0.4, -0.2) is 58.2 Å². The summed E-state index contributed by atoms with van der Waals surface area (Å²) in [4.78, 5) is 56.8. The fourth-order valence-electron chi connectivity index (χ4n) is 5.04. The van der Waals surface area contributed by atoms with Crippen LogP contribution >= 0.6 is 0 Å². The summed E-state index contributed by atoms with van der Waals surface area (Å²) < 4.78 is 12.0. The monoisotopic (exact) mass is 497 g/mol. The third-order valence-corrected chi connectivity index (χ3v) is 7.03. The molecule has 0 saturated heterocycles. The highest BCUT2D eigenvalue weighted by Gasteiger charge is 2.46. The maximum absolute atomic E-state index is 13.2. The van der Waals surface area contributed by atoms with Gasteiger partial charge in [0.25, 0.3) is 11.5 Å². The summed E-state index contributed by atoms with van der Waals surface area (Å²) in [5.41, 5.74) is -1.55. The van der Waals surface area contributed by atoms with Crippen LogP contribution in [0, 0.1) is 5.92 Å². The van der Waals surface area contributed by atoms with Gasteiger partial charge in [-0.25, -0.2) is 4.98 Å². The van der Waals surface area contributed by atoms with E-state index in [1.54, 1.807) is 18.2 Å². The molecule has 1 fully saturated rings. The number of aromatic nitrogens is 2. The maximum atomic E-state index is 13.2. The van der Waals surface area contributed by atoms with E-state index >= 15 is 0 Å². The lowest BCUT2D eigenvalue weighted by atomic mass is 9.77. The van der Waals surface area contributed by atoms with Gasteiger partial charge in [-0.05, 0) is 49.3 Å². The van der Waals surface area contributed by atoms with E-state index in [2.05, 4.69) is 15.6 Å². The van der Waals surface area contributed by atoms with Crippen molar-refractivity contribution in [1.82, 2.24) is 25.1 Å². The number of carbonyl (C=O) groups excluding carboxylic acids is 3. The Labute approximate surface area is 206 Å². The van der Waals surface area contributed by atoms with Crippen LogP contribution in [0.3, 0.4) is 0 Å². The number of nitrogens with one attached hydrogen (secondary N) is 2. The average Bonchev–Trinajstić information content (AvgIpc) is 3.22. The number of ether oxygens (including phenoxy) is 2. The molecule has 6 rings (SSSR count). The van der Waals surface area contributed by atoms with Gasteiger partial charge in [-0.2, -0.15) is 0 Å². The number of rotatable bonds is 4. The van der Waals surface area contributed by atoms with Gasteiger partial charge in [0.1, 0.15) is 5.82 Å². The molecule has 1 aromatic heterocycles. The Morgan fingerprint density at radius 2 is 1.92 bits per heavy atom. The SMILES string of the molecule is CN(C)C(=O)C(=O)NC12CCC(CC1)Cn1c2nc(C(=O)NCc2ccc3c(c2)OCO3)c(O)c1=O. The Kier molecular flexibility index (Phi) is 5.81. The number of hydrogen-bond acceptors (Lipinski definition) is 8. The molecule has 0 spiro atoms. The molecule has 1 saturated carbocycles. The molecule has 1 aliphatic carbocycles. The molecular weight excluding hydrogens is 470 g/mol. The Morgan fingerprint density at radius 3 is 2.64 bits per heavy atom. The molecule has 36 heavy (non-hydrogen) atoms. The normalized spacial score (nSPS) is 21.3. The molecule has 12 heteroatoms. The van der Waals surface area contributed by atoms with Crippen LogP contribution in [0.25, 0.3) is 0 Å². The Balaban J connectivity index is 1.46. The van der Waals surface area contributed by atoms with Crippen molar-refractivity contribution in [3.05, 3.63) is 45.6 Å².